The van der Waals surface area contributed by atoms with Gasteiger partial charge >= 0.3 is 5.97 Å². The fourth-order valence-electron chi connectivity index (χ4n) is 2.71. The second kappa shape index (κ2) is 8.43. The standard InChI is InChI=1S/C20H22N2O5S/c1-14(15-7-8-15)21-19(23)13-27-20(24)16-9-11-18(12-10-16)28(25,26)22-17-5-3-2-4-6-17/h2-6,9-12,14-15,22H,7-8,13H2,1H3,(H,21,23). The van der Waals surface area contributed by atoms with Gasteiger partial charge in [-0.05, 0) is 62.1 Å². The molecule has 1 aliphatic carbocycles. The first-order valence-corrected chi connectivity index (χ1v) is 10.5. The van der Waals surface area contributed by atoms with Gasteiger partial charge < -0.3 is 10.1 Å². The first-order chi connectivity index (χ1) is 13.3. The maximum absolute atomic E-state index is 12.4. The van der Waals surface area contributed by atoms with E-state index in [1.165, 1.54) is 24.3 Å². The molecule has 8 heteroatoms. The van der Waals surface area contributed by atoms with E-state index in [-0.39, 0.29) is 29.0 Å². The topological polar surface area (TPSA) is 102 Å². The van der Waals surface area contributed by atoms with Gasteiger partial charge in [0, 0.05) is 11.7 Å². The molecule has 1 saturated carbocycles. The Labute approximate surface area is 164 Å². The van der Waals surface area contributed by atoms with Crippen LogP contribution >= 0.6 is 0 Å². The quantitative estimate of drug-likeness (QED) is 0.661. The van der Waals surface area contributed by atoms with Gasteiger partial charge in [-0.1, -0.05) is 18.2 Å². The van der Waals surface area contributed by atoms with Gasteiger partial charge in [-0.3, -0.25) is 9.52 Å². The van der Waals surface area contributed by atoms with Crippen LogP contribution in [-0.2, 0) is 19.6 Å². The van der Waals surface area contributed by atoms with Crippen LogP contribution in [-0.4, -0.2) is 32.9 Å². The molecule has 0 radical (unpaired) electrons. The number of hydrogen-bond donors (Lipinski definition) is 2. The number of hydrogen-bond acceptors (Lipinski definition) is 5. The van der Waals surface area contributed by atoms with Crippen LogP contribution in [0.2, 0.25) is 0 Å². The fraction of sp³-hybridized carbons (Fsp3) is 0.300. The van der Waals surface area contributed by atoms with Crippen LogP contribution in [0.3, 0.4) is 0 Å². The molecule has 2 aromatic rings. The van der Waals surface area contributed by atoms with E-state index < -0.39 is 16.0 Å². The van der Waals surface area contributed by atoms with Crippen molar-refractivity contribution in [2.75, 3.05) is 11.3 Å². The van der Waals surface area contributed by atoms with Gasteiger partial charge in [0.25, 0.3) is 15.9 Å². The second-order valence-electron chi connectivity index (χ2n) is 6.77. The SMILES string of the molecule is CC(NC(=O)COC(=O)c1ccc(S(=O)(=O)Nc2ccccc2)cc1)C1CC1. The third-order valence-electron chi connectivity index (χ3n) is 4.48. The fourth-order valence-corrected chi connectivity index (χ4v) is 3.77. The Kier molecular flexibility index (Phi) is 5.99. The van der Waals surface area contributed by atoms with Gasteiger partial charge in [0.2, 0.25) is 0 Å². The highest BCUT2D eigenvalue weighted by atomic mass is 32.2. The molecule has 148 valence electrons. The Hall–Kier alpha value is -2.87. The van der Waals surface area contributed by atoms with E-state index in [2.05, 4.69) is 10.0 Å². The van der Waals surface area contributed by atoms with Crippen LogP contribution in [0.25, 0.3) is 0 Å². The summed E-state index contributed by atoms with van der Waals surface area (Å²) in [6, 6.07) is 13.9. The Morgan fingerprint density at radius 3 is 2.32 bits per heavy atom. The van der Waals surface area contributed by atoms with Crippen molar-refractivity contribution in [2.45, 2.75) is 30.7 Å². The zero-order chi connectivity index (χ0) is 20.1. The van der Waals surface area contributed by atoms with Crippen molar-refractivity contribution < 1.29 is 22.7 Å². The summed E-state index contributed by atoms with van der Waals surface area (Å²) in [5, 5.41) is 2.80. The zero-order valence-electron chi connectivity index (χ0n) is 15.4. The van der Waals surface area contributed by atoms with Crippen molar-refractivity contribution in [3.63, 3.8) is 0 Å². The number of benzene rings is 2. The van der Waals surface area contributed by atoms with E-state index in [4.69, 9.17) is 4.74 Å². The number of carbonyl (C=O) groups excluding carboxylic acids is 2. The third-order valence-corrected chi connectivity index (χ3v) is 5.88. The van der Waals surface area contributed by atoms with Crippen LogP contribution < -0.4 is 10.0 Å². The molecule has 0 heterocycles. The predicted molar refractivity (Wildman–Crippen MR) is 104 cm³/mol. The number of nitrogens with one attached hydrogen (secondary N) is 2. The lowest BCUT2D eigenvalue weighted by atomic mass is 10.2. The smallest absolute Gasteiger partial charge is 0.338 e. The highest BCUT2D eigenvalue weighted by Gasteiger charge is 2.29. The van der Waals surface area contributed by atoms with Gasteiger partial charge in [0.1, 0.15) is 0 Å². The average molecular weight is 402 g/mol. The van der Waals surface area contributed by atoms with Crippen molar-refractivity contribution in [2.24, 2.45) is 5.92 Å². The third kappa shape index (κ3) is 5.32. The van der Waals surface area contributed by atoms with E-state index in [0.29, 0.717) is 11.6 Å². The molecule has 2 aromatic carbocycles. The monoisotopic (exact) mass is 402 g/mol. The Morgan fingerprint density at radius 2 is 1.71 bits per heavy atom. The molecule has 0 aliphatic heterocycles. The van der Waals surface area contributed by atoms with Gasteiger partial charge in [0.15, 0.2) is 6.61 Å². The summed E-state index contributed by atoms with van der Waals surface area (Å²) in [6.07, 6.45) is 2.21. The Morgan fingerprint density at radius 1 is 1.07 bits per heavy atom. The normalized spacial score (nSPS) is 14.8. The molecule has 1 amide bonds. The van der Waals surface area contributed by atoms with Crippen LogP contribution in [0.15, 0.2) is 59.5 Å². The second-order valence-corrected chi connectivity index (χ2v) is 8.45. The van der Waals surface area contributed by atoms with Crippen LogP contribution in [0.4, 0.5) is 5.69 Å². The molecule has 1 aliphatic rings. The zero-order valence-corrected chi connectivity index (χ0v) is 16.2. The summed E-state index contributed by atoms with van der Waals surface area (Å²) in [4.78, 5) is 23.9. The minimum Gasteiger partial charge on any atom is -0.452 e. The minimum atomic E-state index is -3.76. The number of para-hydroxylation sites is 1. The minimum absolute atomic E-state index is 0.0175. The lowest BCUT2D eigenvalue weighted by Gasteiger charge is -2.13. The number of anilines is 1. The molecule has 2 N–H and O–H groups in total. The molecular formula is C20H22N2O5S. The predicted octanol–water partition coefficient (Wildman–Crippen LogP) is 2.56. The summed E-state index contributed by atoms with van der Waals surface area (Å²) in [5.41, 5.74) is 0.610. The lowest BCUT2D eigenvalue weighted by molar-refractivity contribution is -0.124. The summed E-state index contributed by atoms with van der Waals surface area (Å²) in [6.45, 7) is 1.56. The van der Waals surface area contributed by atoms with Crippen molar-refractivity contribution in [1.29, 1.82) is 0 Å². The molecule has 0 bridgehead atoms. The highest BCUT2D eigenvalue weighted by Crippen LogP contribution is 2.32. The first kappa shape index (κ1) is 19.9. The summed E-state index contributed by atoms with van der Waals surface area (Å²) >= 11 is 0. The number of ether oxygens (including phenoxy) is 1. The van der Waals surface area contributed by atoms with Gasteiger partial charge in [-0.25, -0.2) is 13.2 Å². The maximum Gasteiger partial charge on any atom is 0.338 e. The van der Waals surface area contributed by atoms with E-state index in [1.54, 1.807) is 30.3 Å². The summed E-state index contributed by atoms with van der Waals surface area (Å²) in [5.74, 6) is -0.521. The lowest BCUT2D eigenvalue weighted by Crippen LogP contribution is -2.37. The molecule has 0 spiro atoms. The van der Waals surface area contributed by atoms with E-state index in [9.17, 15) is 18.0 Å². The number of carbonyl (C=O) groups is 2. The maximum atomic E-state index is 12.4. The molecule has 0 saturated heterocycles. The molecule has 1 atom stereocenters. The van der Waals surface area contributed by atoms with Crippen molar-refractivity contribution in [1.82, 2.24) is 5.32 Å². The van der Waals surface area contributed by atoms with Gasteiger partial charge in [-0.15, -0.1) is 0 Å². The van der Waals surface area contributed by atoms with Crippen molar-refractivity contribution in [3.05, 3.63) is 60.2 Å². The average Bonchev–Trinajstić information content (AvgIpc) is 3.52. The molecule has 28 heavy (non-hydrogen) atoms. The molecule has 7 nitrogen and oxygen atoms in total. The van der Waals surface area contributed by atoms with E-state index >= 15 is 0 Å². The van der Waals surface area contributed by atoms with Crippen molar-refractivity contribution in [3.8, 4) is 0 Å². The first-order valence-electron chi connectivity index (χ1n) is 8.99. The number of sulfonamides is 1. The van der Waals surface area contributed by atoms with Crippen molar-refractivity contribution >= 4 is 27.6 Å². The van der Waals surface area contributed by atoms with Crippen LogP contribution in [0.5, 0.6) is 0 Å². The molecule has 3 rings (SSSR count). The number of rotatable bonds is 8. The molecule has 0 aromatic heterocycles. The molecule has 1 unspecified atom stereocenters. The number of amides is 1. The summed E-state index contributed by atoms with van der Waals surface area (Å²) in [7, 11) is -3.76. The summed E-state index contributed by atoms with van der Waals surface area (Å²) < 4.78 is 32.2. The van der Waals surface area contributed by atoms with E-state index in [1.807, 2.05) is 6.92 Å². The Bertz CT molecular complexity index is 938. The number of esters is 1. The van der Waals surface area contributed by atoms with E-state index in [0.717, 1.165) is 12.8 Å². The molecule has 1 fully saturated rings. The van der Waals surface area contributed by atoms with Crippen LogP contribution in [0, 0.1) is 5.92 Å². The van der Waals surface area contributed by atoms with Crippen LogP contribution in [0.1, 0.15) is 30.1 Å². The largest absolute Gasteiger partial charge is 0.452 e. The highest BCUT2D eigenvalue weighted by molar-refractivity contribution is 7.92. The Balaban J connectivity index is 1.55. The molecular weight excluding hydrogens is 380 g/mol. The van der Waals surface area contributed by atoms with Gasteiger partial charge in [-0.2, -0.15) is 0 Å². The van der Waals surface area contributed by atoms with Gasteiger partial charge in [0.05, 0.1) is 10.5 Å².